The number of aliphatic hydroxyl groups excluding tert-OH is 1. The molecule has 1 atom stereocenters. The molecule has 0 aliphatic carbocycles. The second-order valence-electron chi connectivity index (χ2n) is 3.25. The minimum absolute atomic E-state index is 0.00273. The van der Waals surface area contributed by atoms with Crippen molar-refractivity contribution in [2.45, 2.75) is 13.0 Å². The minimum atomic E-state index is -0.414. The van der Waals surface area contributed by atoms with Crippen molar-refractivity contribution in [3.05, 3.63) is 39.9 Å². The zero-order valence-electron chi connectivity index (χ0n) is 8.51. The third kappa shape index (κ3) is 3.30. The van der Waals surface area contributed by atoms with Gasteiger partial charge in [-0.3, -0.25) is 10.1 Å². The molecule has 0 heterocycles. The number of nitro benzene ring substituents is 1. The van der Waals surface area contributed by atoms with E-state index in [2.05, 4.69) is 5.32 Å². The van der Waals surface area contributed by atoms with Crippen molar-refractivity contribution < 1.29 is 10.0 Å². The maximum atomic E-state index is 10.5. The topological polar surface area (TPSA) is 75.4 Å². The van der Waals surface area contributed by atoms with E-state index in [0.29, 0.717) is 6.54 Å². The molecule has 0 saturated heterocycles. The van der Waals surface area contributed by atoms with Crippen molar-refractivity contribution in [2.75, 3.05) is 13.2 Å². The summed E-state index contributed by atoms with van der Waals surface area (Å²) in [5.41, 5.74) is 0.933. The molecule has 0 spiro atoms. The van der Waals surface area contributed by atoms with Crippen molar-refractivity contribution in [3.8, 4) is 0 Å². The highest BCUT2D eigenvalue weighted by Gasteiger charge is 2.09. The molecule has 0 amide bonds. The summed E-state index contributed by atoms with van der Waals surface area (Å²) in [4.78, 5) is 10.1. The first-order valence-electron chi connectivity index (χ1n) is 4.73. The lowest BCUT2D eigenvalue weighted by Gasteiger charge is -2.12. The Balaban J connectivity index is 2.76. The van der Waals surface area contributed by atoms with Gasteiger partial charge in [0.2, 0.25) is 0 Å². The number of hydrogen-bond acceptors (Lipinski definition) is 4. The van der Waals surface area contributed by atoms with E-state index < -0.39 is 4.92 Å². The van der Waals surface area contributed by atoms with Gasteiger partial charge < -0.3 is 10.4 Å². The largest absolute Gasteiger partial charge is 0.395 e. The Kier molecular flexibility index (Phi) is 4.20. The molecular formula is C10H14N2O3. The van der Waals surface area contributed by atoms with Crippen LogP contribution in [0.3, 0.4) is 0 Å². The summed E-state index contributed by atoms with van der Waals surface area (Å²) >= 11 is 0. The van der Waals surface area contributed by atoms with E-state index in [-0.39, 0.29) is 18.3 Å². The maximum absolute atomic E-state index is 10.5. The van der Waals surface area contributed by atoms with Gasteiger partial charge in [-0.05, 0) is 12.5 Å². The minimum Gasteiger partial charge on any atom is -0.395 e. The maximum Gasteiger partial charge on any atom is 0.269 e. The molecule has 1 aromatic rings. The molecule has 5 nitrogen and oxygen atoms in total. The second-order valence-corrected chi connectivity index (χ2v) is 3.25. The van der Waals surface area contributed by atoms with Crippen LogP contribution in [-0.2, 0) is 0 Å². The predicted octanol–water partition coefficient (Wildman–Crippen LogP) is 1.24. The Morgan fingerprint density at radius 1 is 1.60 bits per heavy atom. The number of hydrogen-bond donors (Lipinski definition) is 2. The van der Waals surface area contributed by atoms with E-state index >= 15 is 0 Å². The first kappa shape index (κ1) is 11.6. The average molecular weight is 210 g/mol. The Morgan fingerprint density at radius 3 is 2.93 bits per heavy atom. The van der Waals surface area contributed by atoms with Crippen LogP contribution in [0.5, 0.6) is 0 Å². The van der Waals surface area contributed by atoms with Crippen molar-refractivity contribution >= 4 is 5.69 Å². The lowest BCUT2D eigenvalue weighted by Crippen LogP contribution is -2.22. The van der Waals surface area contributed by atoms with Gasteiger partial charge in [0.1, 0.15) is 0 Å². The summed E-state index contributed by atoms with van der Waals surface area (Å²) < 4.78 is 0. The van der Waals surface area contributed by atoms with Crippen molar-refractivity contribution in [1.82, 2.24) is 5.32 Å². The van der Waals surface area contributed by atoms with E-state index in [1.54, 1.807) is 6.07 Å². The smallest absolute Gasteiger partial charge is 0.269 e. The number of aliphatic hydroxyl groups is 1. The lowest BCUT2D eigenvalue weighted by atomic mass is 10.1. The fourth-order valence-corrected chi connectivity index (χ4v) is 1.31. The number of nitrogens with zero attached hydrogens (tertiary/aromatic N) is 1. The van der Waals surface area contributed by atoms with Gasteiger partial charge in [0.05, 0.1) is 11.5 Å². The first-order valence-corrected chi connectivity index (χ1v) is 4.73. The Bertz CT molecular complexity index is 341. The third-order valence-corrected chi connectivity index (χ3v) is 2.14. The van der Waals surface area contributed by atoms with Crippen LogP contribution in [0.1, 0.15) is 18.5 Å². The van der Waals surface area contributed by atoms with Crippen LogP contribution in [-0.4, -0.2) is 23.2 Å². The molecule has 0 unspecified atom stereocenters. The molecule has 5 heteroatoms. The molecule has 0 bridgehead atoms. The fourth-order valence-electron chi connectivity index (χ4n) is 1.31. The van der Waals surface area contributed by atoms with Gasteiger partial charge in [-0.2, -0.15) is 0 Å². The Labute approximate surface area is 87.9 Å². The molecule has 0 aliphatic heterocycles. The summed E-state index contributed by atoms with van der Waals surface area (Å²) in [5.74, 6) is 0. The summed E-state index contributed by atoms with van der Waals surface area (Å²) in [7, 11) is 0. The number of rotatable bonds is 5. The van der Waals surface area contributed by atoms with Gasteiger partial charge in [0.15, 0.2) is 0 Å². The zero-order valence-corrected chi connectivity index (χ0v) is 8.51. The predicted molar refractivity (Wildman–Crippen MR) is 56.6 cm³/mol. The van der Waals surface area contributed by atoms with Crippen molar-refractivity contribution in [3.63, 3.8) is 0 Å². The molecule has 1 rings (SSSR count). The molecule has 2 N–H and O–H groups in total. The van der Waals surface area contributed by atoms with Gasteiger partial charge in [-0.1, -0.05) is 12.1 Å². The fraction of sp³-hybridized carbons (Fsp3) is 0.400. The van der Waals surface area contributed by atoms with Crippen LogP contribution in [0.4, 0.5) is 5.69 Å². The normalized spacial score (nSPS) is 12.4. The Hall–Kier alpha value is -1.46. The summed E-state index contributed by atoms with van der Waals surface area (Å²) in [5, 5.41) is 22.2. The van der Waals surface area contributed by atoms with Gasteiger partial charge >= 0.3 is 0 Å². The number of nitrogens with one attached hydrogen (secondary N) is 1. The van der Waals surface area contributed by atoms with Crippen molar-refractivity contribution in [1.29, 1.82) is 0 Å². The van der Waals surface area contributed by atoms with Gasteiger partial charge in [0.25, 0.3) is 5.69 Å². The molecule has 15 heavy (non-hydrogen) atoms. The van der Waals surface area contributed by atoms with E-state index in [1.165, 1.54) is 12.1 Å². The van der Waals surface area contributed by atoms with Crippen LogP contribution in [0, 0.1) is 10.1 Å². The van der Waals surface area contributed by atoms with E-state index in [0.717, 1.165) is 5.56 Å². The van der Waals surface area contributed by atoms with E-state index in [1.807, 2.05) is 13.0 Å². The van der Waals surface area contributed by atoms with Crippen LogP contribution in [0.2, 0.25) is 0 Å². The van der Waals surface area contributed by atoms with Gasteiger partial charge in [-0.15, -0.1) is 0 Å². The van der Waals surface area contributed by atoms with Gasteiger partial charge in [0, 0.05) is 24.7 Å². The summed E-state index contributed by atoms with van der Waals surface area (Å²) in [6.45, 7) is 2.43. The second kappa shape index (κ2) is 5.43. The standard InChI is InChI=1S/C10H14N2O3/c1-8(11-5-6-13)9-3-2-4-10(7-9)12(14)15/h2-4,7-8,11,13H,5-6H2,1H3/t8-/m0/s1. The summed E-state index contributed by atoms with van der Waals surface area (Å²) in [6, 6.07) is 6.47. The molecule has 82 valence electrons. The SMILES string of the molecule is C[C@H](NCCO)c1cccc([N+](=O)[O-])c1. The molecule has 0 radical (unpaired) electrons. The van der Waals surface area contributed by atoms with Crippen LogP contribution in [0.15, 0.2) is 24.3 Å². The highest BCUT2D eigenvalue weighted by molar-refractivity contribution is 5.35. The third-order valence-electron chi connectivity index (χ3n) is 2.14. The zero-order chi connectivity index (χ0) is 11.3. The Morgan fingerprint density at radius 2 is 2.33 bits per heavy atom. The molecule has 1 aromatic carbocycles. The van der Waals surface area contributed by atoms with E-state index in [4.69, 9.17) is 5.11 Å². The molecule has 0 saturated carbocycles. The number of non-ortho nitro benzene ring substituents is 1. The average Bonchev–Trinajstić information content (AvgIpc) is 2.26. The van der Waals surface area contributed by atoms with Gasteiger partial charge in [-0.25, -0.2) is 0 Å². The first-order chi connectivity index (χ1) is 7.15. The lowest BCUT2D eigenvalue weighted by molar-refractivity contribution is -0.384. The highest BCUT2D eigenvalue weighted by Crippen LogP contribution is 2.18. The summed E-state index contributed by atoms with van der Waals surface area (Å²) in [6.07, 6.45) is 0. The molecule has 0 aliphatic rings. The molecule has 0 fully saturated rings. The van der Waals surface area contributed by atoms with Crippen LogP contribution >= 0.6 is 0 Å². The van der Waals surface area contributed by atoms with Crippen LogP contribution in [0.25, 0.3) is 0 Å². The van der Waals surface area contributed by atoms with Crippen molar-refractivity contribution in [2.24, 2.45) is 0 Å². The van der Waals surface area contributed by atoms with Crippen LogP contribution < -0.4 is 5.32 Å². The number of benzene rings is 1. The monoisotopic (exact) mass is 210 g/mol. The highest BCUT2D eigenvalue weighted by atomic mass is 16.6. The quantitative estimate of drug-likeness (QED) is 0.566. The number of nitro groups is 1. The molecular weight excluding hydrogens is 196 g/mol. The molecule has 0 aromatic heterocycles. The van der Waals surface area contributed by atoms with E-state index in [9.17, 15) is 10.1 Å².